The van der Waals surface area contributed by atoms with Gasteiger partial charge in [0.15, 0.2) is 0 Å². The van der Waals surface area contributed by atoms with Gasteiger partial charge in [-0.3, -0.25) is 9.69 Å². The van der Waals surface area contributed by atoms with E-state index >= 15 is 0 Å². The van der Waals surface area contributed by atoms with Crippen molar-refractivity contribution in [1.29, 1.82) is 0 Å². The van der Waals surface area contributed by atoms with Gasteiger partial charge in [-0.15, -0.1) is 0 Å². The summed E-state index contributed by atoms with van der Waals surface area (Å²) in [5.74, 6) is 0.470. The van der Waals surface area contributed by atoms with Crippen molar-refractivity contribution in [2.45, 2.75) is 25.9 Å². The zero-order chi connectivity index (χ0) is 23.8. The van der Waals surface area contributed by atoms with E-state index in [2.05, 4.69) is 46.0 Å². The number of benzene rings is 3. The number of aromatic nitrogens is 2. The highest BCUT2D eigenvalue weighted by atomic mass is 35.5. The van der Waals surface area contributed by atoms with Crippen LogP contribution >= 0.6 is 11.6 Å². The minimum atomic E-state index is -0.199. The molecule has 0 bridgehead atoms. The summed E-state index contributed by atoms with van der Waals surface area (Å²) in [5, 5.41) is 3.41. The molecule has 1 aliphatic heterocycles. The van der Waals surface area contributed by atoms with Crippen molar-refractivity contribution in [3.05, 3.63) is 77.3 Å². The van der Waals surface area contributed by atoms with Crippen LogP contribution in [-0.2, 0) is 0 Å². The van der Waals surface area contributed by atoms with Crippen LogP contribution in [0.25, 0.3) is 22.4 Å². The number of halogens is 1. The number of hydrogen-bond acceptors (Lipinski definition) is 4. The largest absolute Gasteiger partial charge is 0.368 e. The number of amides is 1. The number of anilines is 2. The molecule has 7 heteroatoms. The first-order valence-electron chi connectivity index (χ1n) is 11.5. The molecule has 1 saturated heterocycles. The Labute approximate surface area is 204 Å². The number of carbonyl (C=O) groups is 1. The number of hydrogen-bond donors (Lipinski definition) is 2. The van der Waals surface area contributed by atoms with Gasteiger partial charge in [-0.2, -0.15) is 0 Å². The summed E-state index contributed by atoms with van der Waals surface area (Å²) in [4.78, 5) is 25.7. The first-order chi connectivity index (χ1) is 16.4. The van der Waals surface area contributed by atoms with Gasteiger partial charge in [0.05, 0.1) is 21.7 Å². The Balaban J connectivity index is 1.33. The highest BCUT2D eigenvalue weighted by molar-refractivity contribution is 6.36. The number of likely N-dealkylation sites (N-methyl/N-ethyl adjacent to an activating group) is 1. The molecule has 0 saturated carbocycles. The third kappa shape index (κ3) is 4.27. The number of piperazine rings is 1. The van der Waals surface area contributed by atoms with Crippen molar-refractivity contribution >= 4 is 39.9 Å². The number of H-pyrrole nitrogens is 1. The van der Waals surface area contributed by atoms with Crippen LogP contribution in [0.5, 0.6) is 0 Å². The van der Waals surface area contributed by atoms with Crippen molar-refractivity contribution < 1.29 is 4.79 Å². The number of fused-ring (bicyclic) bond motifs is 1. The van der Waals surface area contributed by atoms with E-state index in [1.165, 1.54) is 0 Å². The van der Waals surface area contributed by atoms with Gasteiger partial charge in [0.2, 0.25) is 0 Å². The van der Waals surface area contributed by atoms with Crippen molar-refractivity contribution in [3.63, 3.8) is 0 Å². The third-order valence-electron chi connectivity index (χ3n) is 6.75. The third-order valence-corrected chi connectivity index (χ3v) is 7.15. The molecule has 0 unspecified atom stereocenters. The second-order valence-electron chi connectivity index (χ2n) is 9.04. The number of nitrogens with zero attached hydrogens (tertiary/aromatic N) is 3. The topological polar surface area (TPSA) is 64.3 Å². The van der Waals surface area contributed by atoms with Gasteiger partial charge in [-0.25, -0.2) is 4.98 Å². The second-order valence-corrected chi connectivity index (χ2v) is 9.42. The van der Waals surface area contributed by atoms with E-state index in [0.29, 0.717) is 34.2 Å². The van der Waals surface area contributed by atoms with Gasteiger partial charge in [-0.1, -0.05) is 29.8 Å². The number of rotatable bonds is 4. The molecule has 2 atom stereocenters. The summed E-state index contributed by atoms with van der Waals surface area (Å²) >= 11 is 6.68. The van der Waals surface area contributed by atoms with Crippen LogP contribution in [0.15, 0.2) is 66.7 Å². The lowest BCUT2D eigenvalue weighted by Crippen LogP contribution is -2.55. The highest BCUT2D eigenvalue weighted by Crippen LogP contribution is 2.33. The monoisotopic (exact) mass is 473 g/mol. The average molecular weight is 474 g/mol. The van der Waals surface area contributed by atoms with Gasteiger partial charge in [0, 0.05) is 42.0 Å². The highest BCUT2D eigenvalue weighted by Gasteiger charge is 2.26. The van der Waals surface area contributed by atoms with Crippen LogP contribution in [0.1, 0.15) is 24.2 Å². The molecule has 174 valence electrons. The SMILES string of the molecule is C[C@@H]1CN(c2ccc(C(=O)Nc3cccc(-c4nc5ccccc5[nH]4)c3Cl)cc2)C[C@H](C)N1C. The van der Waals surface area contributed by atoms with Gasteiger partial charge in [-0.05, 0) is 69.4 Å². The first kappa shape index (κ1) is 22.4. The molecule has 0 aliphatic carbocycles. The average Bonchev–Trinajstić information content (AvgIpc) is 3.27. The van der Waals surface area contributed by atoms with Gasteiger partial charge in [0.1, 0.15) is 5.82 Å². The number of imidazole rings is 1. The Morgan fingerprint density at radius 2 is 1.71 bits per heavy atom. The van der Waals surface area contributed by atoms with E-state index in [0.717, 1.165) is 35.4 Å². The maximum Gasteiger partial charge on any atom is 0.255 e. The van der Waals surface area contributed by atoms with E-state index in [9.17, 15) is 4.79 Å². The molecule has 3 aromatic carbocycles. The fourth-order valence-electron chi connectivity index (χ4n) is 4.53. The lowest BCUT2D eigenvalue weighted by molar-refractivity contribution is 0.102. The van der Waals surface area contributed by atoms with Crippen LogP contribution in [0.4, 0.5) is 11.4 Å². The van der Waals surface area contributed by atoms with Gasteiger partial charge in [0.25, 0.3) is 5.91 Å². The molecule has 34 heavy (non-hydrogen) atoms. The summed E-state index contributed by atoms with van der Waals surface area (Å²) in [6.45, 7) is 6.43. The Morgan fingerprint density at radius 3 is 2.41 bits per heavy atom. The fraction of sp³-hybridized carbons (Fsp3) is 0.259. The summed E-state index contributed by atoms with van der Waals surface area (Å²) < 4.78 is 0. The second kappa shape index (κ2) is 9.12. The van der Waals surface area contributed by atoms with Crippen LogP contribution in [0.3, 0.4) is 0 Å². The maximum absolute atomic E-state index is 13.0. The number of aromatic amines is 1. The summed E-state index contributed by atoms with van der Waals surface area (Å²) in [6.07, 6.45) is 0. The number of carbonyl (C=O) groups excluding carboxylic acids is 1. The molecular weight excluding hydrogens is 446 g/mol. The lowest BCUT2D eigenvalue weighted by atomic mass is 10.1. The van der Waals surface area contributed by atoms with E-state index in [-0.39, 0.29) is 5.91 Å². The van der Waals surface area contributed by atoms with Crippen molar-refractivity contribution in [1.82, 2.24) is 14.9 Å². The normalized spacial score (nSPS) is 18.9. The molecule has 5 rings (SSSR count). The van der Waals surface area contributed by atoms with Crippen molar-refractivity contribution in [3.8, 4) is 11.4 Å². The summed E-state index contributed by atoms with van der Waals surface area (Å²) in [6, 6.07) is 22.1. The Hall–Kier alpha value is -3.35. The molecule has 6 nitrogen and oxygen atoms in total. The molecule has 0 spiro atoms. The molecule has 2 heterocycles. The molecule has 0 radical (unpaired) electrons. The Bertz CT molecular complexity index is 1290. The number of para-hydroxylation sites is 2. The standard InChI is InChI=1S/C27H28ClN5O/c1-17-15-33(16-18(2)32(17)3)20-13-11-19(12-14-20)27(34)31-24-10-6-7-21(25(24)28)26-29-22-8-4-5-9-23(22)30-26/h4-14,17-18H,15-16H2,1-3H3,(H,29,30)(H,31,34)/t17-,18+. The Morgan fingerprint density at radius 1 is 1.00 bits per heavy atom. The molecule has 1 amide bonds. The minimum absolute atomic E-state index is 0.199. The van der Waals surface area contributed by atoms with Crippen molar-refractivity contribution in [2.24, 2.45) is 0 Å². The Kier molecular flexibility index (Phi) is 6.02. The summed E-state index contributed by atoms with van der Waals surface area (Å²) in [7, 11) is 2.18. The molecule has 2 N–H and O–H groups in total. The van der Waals surface area contributed by atoms with E-state index in [1.54, 1.807) is 6.07 Å². The molecule has 4 aromatic rings. The van der Waals surface area contributed by atoms with Crippen LogP contribution in [0.2, 0.25) is 5.02 Å². The maximum atomic E-state index is 13.0. The zero-order valence-corrected chi connectivity index (χ0v) is 20.3. The van der Waals surface area contributed by atoms with E-state index < -0.39 is 0 Å². The predicted octanol–water partition coefficient (Wildman–Crippen LogP) is 5.66. The lowest BCUT2D eigenvalue weighted by Gasteiger charge is -2.43. The first-order valence-corrected chi connectivity index (χ1v) is 11.9. The van der Waals surface area contributed by atoms with E-state index in [4.69, 9.17) is 11.6 Å². The van der Waals surface area contributed by atoms with Crippen LogP contribution in [-0.4, -0.2) is 53.0 Å². The van der Waals surface area contributed by atoms with Crippen LogP contribution in [0, 0.1) is 0 Å². The quantitative estimate of drug-likeness (QED) is 0.401. The minimum Gasteiger partial charge on any atom is -0.368 e. The number of nitrogens with one attached hydrogen (secondary N) is 2. The molecule has 1 aliphatic rings. The molecule has 1 fully saturated rings. The van der Waals surface area contributed by atoms with Crippen molar-refractivity contribution in [2.75, 3.05) is 30.4 Å². The van der Waals surface area contributed by atoms with Crippen LogP contribution < -0.4 is 10.2 Å². The molecule has 1 aromatic heterocycles. The fourth-order valence-corrected chi connectivity index (χ4v) is 4.79. The zero-order valence-electron chi connectivity index (χ0n) is 19.5. The van der Waals surface area contributed by atoms with E-state index in [1.807, 2.05) is 60.7 Å². The van der Waals surface area contributed by atoms with Gasteiger partial charge >= 0.3 is 0 Å². The summed E-state index contributed by atoms with van der Waals surface area (Å²) in [5.41, 5.74) is 4.82. The van der Waals surface area contributed by atoms with Gasteiger partial charge < -0.3 is 15.2 Å². The predicted molar refractivity (Wildman–Crippen MR) is 140 cm³/mol. The smallest absolute Gasteiger partial charge is 0.255 e. The molecular formula is C27H28ClN5O.